The van der Waals surface area contributed by atoms with E-state index in [1.807, 2.05) is 19.1 Å². The molecule has 0 unspecified atom stereocenters. The van der Waals surface area contributed by atoms with Gasteiger partial charge in [0.1, 0.15) is 6.54 Å². The van der Waals surface area contributed by atoms with E-state index in [9.17, 15) is 9.59 Å². The van der Waals surface area contributed by atoms with Crippen molar-refractivity contribution in [3.8, 4) is 11.1 Å². The van der Waals surface area contributed by atoms with Gasteiger partial charge in [-0.15, -0.1) is 0 Å². The van der Waals surface area contributed by atoms with Gasteiger partial charge in [0.15, 0.2) is 5.43 Å². The van der Waals surface area contributed by atoms with Crippen molar-refractivity contribution in [3.05, 3.63) is 69.5 Å². The molecule has 5 heteroatoms. The van der Waals surface area contributed by atoms with Crippen LogP contribution in [0, 0.1) is 6.92 Å². The number of aromatic nitrogens is 1. The van der Waals surface area contributed by atoms with E-state index in [0.717, 1.165) is 11.1 Å². The van der Waals surface area contributed by atoms with Crippen molar-refractivity contribution in [1.82, 2.24) is 4.57 Å². The zero-order valence-electron chi connectivity index (χ0n) is 13.4. The number of ether oxygens (including phenoxy) is 1. The number of esters is 1. The van der Waals surface area contributed by atoms with Gasteiger partial charge in [-0.25, -0.2) is 0 Å². The van der Waals surface area contributed by atoms with Crippen LogP contribution < -0.4 is 5.43 Å². The zero-order chi connectivity index (χ0) is 17.3. The van der Waals surface area contributed by atoms with Crippen LogP contribution in [0.2, 0.25) is 5.02 Å². The maximum absolute atomic E-state index is 12.9. The maximum Gasteiger partial charge on any atom is 0.325 e. The van der Waals surface area contributed by atoms with Gasteiger partial charge in [0.2, 0.25) is 0 Å². The highest BCUT2D eigenvalue weighted by molar-refractivity contribution is 6.30. The maximum atomic E-state index is 12.9. The Morgan fingerprint density at radius 3 is 2.54 bits per heavy atom. The third kappa shape index (κ3) is 3.05. The molecule has 0 radical (unpaired) electrons. The first-order chi connectivity index (χ1) is 11.5. The van der Waals surface area contributed by atoms with E-state index < -0.39 is 0 Å². The van der Waals surface area contributed by atoms with Crippen LogP contribution in [0.5, 0.6) is 0 Å². The molecular formula is C19H16ClNO3. The highest BCUT2D eigenvalue weighted by Crippen LogP contribution is 2.22. The van der Waals surface area contributed by atoms with E-state index in [4.69, 9.17) is 16.3 Å². The van der Waals surface area contributed by atoms with Crippen molar-refractivity contribution in [2.75, 3.05) is 7.11 Å². The molecule has 0 N–H and O–H groups in total. The number of halogens is 1. The Morgan fingerprint density at radius 2 is 1.88 bits per heavy atom. The van der Waals surface area contributed by atoms with Gasteiger partial charge in [0.25, 0.3) is 0 Å². The number of methoxy groups -OCH3 is 1. The Kier molecular flexibility index (Phi) is 4.40. The summed E-state index contributed by atoms with van der Waals surface area (Å²) in [6, 6.07) is 12.6. The van der Waals surface area contributed by atoms with Crippen LogP contribution in [-0.4, -0.2) is 17.6 Å². The highest BCUT2D eigenvalue weighted by Gasteiger charge is 2.13. The summed E-state index contributed by atoms with van der Waals surface area (Å²) in [6.45, 7) is 1.98. The Balaban J connectivity index is 2.29. The number of hydrogen-bond donors (Lipinski definition) is 0. The third-order valence-electron chi connectivity index (χ3n) is 3.92. The molecule has 0 amide bonds. The first kappa shape index (κ1) is 16.3. The number of benzene rings is 2. The van der Waals surface area contributed by atoms with Crippen molar-refractivity contribution in [3.63, 3.8) is 0 Å². The average molecular weight is 342 g/mol. The number of fused-ring (bicyclic) bond motifs is 1. The fourth-order valence-electron chi connectivity index (χ4n) is 2.67. The van der Waals surface area contributed by atoms with E-state index in [1.165, 1.54) is 7.11 Å². The first-order valence-electron chi connectivity index (χ1n) is 7.46. The van der Waals surface area contributed by atoms with Gasteiger partial charge in [-0.3, -0.25) is 9.59 Å². The second kappa shape index (κ2) is 6.49. The van der Waals surface area contributed by atoms with Gasteiger partial charge in [0.05, 0.1) is 12.6 Å². The minimum absolute atomic E-state index is 0.0390. The van der Waals surface area contributed by atoms with Gasteiger partial charge in [-0.1, -0.05) is 29.8 Å². The largest absolute Gasteiger partial charge is 0.468 e. The number of pyridine rings is 1. The third-order valence-corrected chi connectivity index (χ3v) is 4.17. The average Bonchev–Trinajstić information content (AvgIpc) is 2.58. The molecular weight excluding hydrogens is 326 g/mol. The summed E-state index contributed by atoms with van der Waals surface area (Å²) in [5, 5.41) is 1.17. The monoisotopic (exact) mass is 341 g/mol. The fraction of sp³-hybridized carbons (Fsp3) is 0.158. The SMILES string of the molecule is COC(=O)Cn1cc(-c2ccc(Cl)cc2)c(=O)c2ccc(C)cc21. The van der Waals surface area contributed by atoms with Crippen molar-refractivity contribution in [2.24, 2.45) is 0 Å². The summed E-state index contributed by atoms with van der Waals surface area (Å²) in [7, 11) is 1.35. The normalized spacial score (nSPS) is 10.8. The second-order valence-electron chi connectivity index (χ2n) is 5.60. The van der Waals surface area contributed by atoms with Crippen molar-refractivity contribution in [1.29, 1.82) is 0 Å². The quantitative estimate of drug-likeness (QED) is 0.681. The van der Waals surface area contributed by atoms with E-state index in [0.29, 0.717) is 21.5 Å². The predicted octanol–water partition coefficient (Wildman–Crippen LogP) is 3.80. The molecule has 0 aliphatic carbocycles. The molecule has 122 valence electrons. The molecule has 0 bridgehead atoms. The molecule has 3 rings (SSSR count). The van der Waals surface area contributed by atoms with Crippen molar-refractivity contribution < 1.29 is 9.53 Å². The fourth-order valence-corrected chi connectivity index (χ4v) is 2.80. The summed E-state index contributed by atoms with van der Waals surface area (Å²) in [4.78, 5) is 24.6. The summed E-state index contributed by atoms with van der Waals surface area (Å²) in [5.74, 6) is -0.372. The molecule has 4 nitrogen and oxygen atoms in total. The number of nitrogens with zero attached hydrogens (tertiary/aromatic N) is 1. The number of hydrogen-bond acceptors (Lipinski definition) is 3. The summed E-state index contributed by atoms with van der Waals surface area (Å²) in [5.41, 5.74) is 2.92. The summed E-state index contributed by atoms with van der Waals surface area (Å²) >= 11 is 5.93. The highest BCUT2D eigenvalue weighted by atomic mass is 35.5. The van der Waals surface area contributed by atoms with Crippen LogP contribution in [0.3, 0.4) is 0 Å². The lowest BCUT2D eigenvalue weighted by atomic mass is 10.0. The molecule has 0 aliphatic heterocycles. The second-order valence-corrected chi connectivity index (χ2v) is 6.04. The Hall–Kier alpha value is -2.59. The lowest BCUT2D eigenvalue weighted by Crippen LogP contribution is -2.17. The molecule has 0 aliphatic rings. The summed E-state index contributed by atoms with van der Waals surface area (Å²) < 4.78 is 6.52. The molecule has 0 atom stereocenters. The van der Waals surface area contributed by atoms with E-state index in [-0.39, 0.29) is 17.9 Å². The van der Waals surface area contributed by atoms with Gasteiger partial charge in [-0.2, -0.15) is 0 Å². The molecule has 0 fully saturated rings. The molecule has 0 saturated heterocycles. The molecule has 1 aromatic heterocycles. The molecule has 0 saturated carbocycles. The number of rotatable bonds is 3. The molecule has 3 aromatic rings. The standard InChI is InChI=1S/C19H16ClNO3/c1-12-3-8-15-17(9-12)21(11-18(22)24-2)10-16(19(15)23)13-4-6-14(20)7-5-13/h3-10H,11H2,1-2H3. The van der Waals surface area contributed by atoms with E-state index >= 15 is 0 Å². The summed E-state index contributed by atoms with van der Waals surface area (Å²) in [6.07, 6.45) is 1.70. The van der Waals surface area contributed by atoms with Crippen LogP contribution in [0.25, 0.3) is 22.0 Å². The smallest absolute Gasteiger partial charge is 0.325 e. The molecule has 1 heterocycles. The van der Waals surface area contributed by atoms with Crippen LogP contribution >= 0.6 is 11.6 Å². The Morgan fingerprint density at radius 1 is 1.17 bits per heavy atom. The molecule has 24 heavy (non-hydrogen) atoms. The lowest BCUT2D eigenvalue weighted by molar-refractivity contribution is -0.141. The minimum Gasteiger partial charge on any atom is -0.468 e. The van der Waals surface area contributed by atoms with Crippen LogP contribution in [-0.2, 0) is 16.1 Å². The van der Waals surface area contributed by atoms with Gasteiger partial charge in [-0.05, 0) is 42.3 Å². The molecule has 0 spiro atoms. The van der Waals surface area contributed by atoms with Crippen molar-refractivity contribution in [2.45, 2.75) is 13.5 Å². The van der Waals surface area contributed by atoms with E-state index in [2.05, 4.69) is 0 Å². The Labute approximate surface area is 144 Å². The van der Waals surface area contributed by atoms with Crippen LogP contribution in [0.1, 0.15) is 5.56 Å². The topological polar surface area (TPSA) is 48.3 Å². The predicted molar refractivity (Wildman–Crippen MR) is 95.4 cm³/mol. The van der Waals surface area contributed by atoms with E-state index in [1.54, 1.807) is 41.1 Å². The van der Waals surface area contributed by atoms with Crippen molar-refractivity contribution >= 4 is 28.5 Å². The minimum atomic E-state index is -0.372. The van der Waals surface area contributed by atoms with Gasteiger partial charge < -0.3 is 9.30 Å². The number of aryl methyl sites for hydroxylation is 1. The number of carbonyl (C=O) groups excluding carboxylic acids is 1. The molecule has 2 aromatic carbocycles. The van der Waals surface area contributed by atoms with Gasteiger partial charge in [0, 0.05) is 22.2 Å². The zero-order valence-corrected chi connectivity index (χ0v) is 14.1. The number of carbonyl (C=O) groups is 1. The van der Waals surface area contributed by atoms with Crippen LogP contribution in [0.15, 0.2) is 53.5 Å². The first-order valence-corrected chi connectivity index (χ1v) is 7.84. The van der Waals surface area contributed by atoms with Crippen LogP contribution in [0.4, 0.5) is 0 Å². The lowest BCUT2D eigenvalue weighted by Gasteiger charge is -2.13. The van der Waals surface area contributed by atoms with Gasteiger partial charge >= 0.3 is 5.97 Å². The Bertz CT molecular complexity index is 974.